The highest BCUT2D eigenvalue weighted by Crippen LogP contribution is 2.23. The van der Waals surface area contributed by atoms with E-state index in [1.807, 2.05) is 25.1 Å². The molecular formula is C22H21NO6. The number of rotatable bonds is 7. The molecule has 29 heavy (non-hydrogen) atoms. The molecule has 0 fully saturated rings. The molecule has 3 aromatic rings. The van der Waals surface area contributed by atoms with E-state index in [2.05, 4.69) is 5.32 Å². The van der Waals surface area contributed by atoms with E-state index < -0.39 is 24.5 Å². The van der Waals surface area contributed by atoms with Gasteiger partial charge in [0.2, 0.25) is 0 Å². The number of carbonyl (C=O) groups excluding carboxylic acids is 3. The quantitative estimate of drug-likeness (QED) is 0.614. The molecular weight excluding hydrogens is 374 g/mol. The van der Waals surface area contributed by atoms with Crippen LogP contribution >= 0.6 is 0 Å². The van der Waals surface area contributed by atoms with Crippen LogP contribution in [0, 0.1) is 6.92 Å². The molecule has 1 aromatic heterocycles. The number of furan rings is 1. The smallest absolute Gasteiger partial charge is 0.338 e. The number of ether oxygens (including phenoxy) is 2. The van der Waals surface area contributed by atoms with Gasteiger partial charge < -0.3 is 19.2 Å². The second kappa shape index (κ2) is 9.05. The lowest BCUT2D eigenvalue weighted by Crippen LogP contribution is -2.21. The summed E-state index contributed by atoms with van der Waals surface area (Å²) in [7, 11) is 0. The predicted octanol–water partition coefficient (Wildman–Crippen LogP) is 3.64. The van der Waals surface area contributed by atoms with Gasteiger partial charge in [0, 0.05) is 16.6 Å². The first-order valence-corrected chi connectivity index (χ1v) is 9.15. The molecule has 0 atom stereocenters. The number of amides is 1. The molecule has 0 spiro atoms. The monoisotopic (exact) mass is 395 g/mol. The van der Waals surface area contributed by atoms with Crippen molar-refractivity contribution in [3.63, 3.8) is 0 Å². The van der Waals surface area contributed by atoms with Gasteiger partial charge >= 0.3 is 11.9 Å². The van der Waals surface area contributed by atoms with Crippen molar-refractivity contribution >= 4 is 34.5 Å². The van der Waals surface area contributed by atoms with Gasteiger partial charge in [0.15, 0.2) is 6.61 Å². The molecule has 0 saturated carbocycles. The van der Waals surface area contributed by atoms with E-state index in [1.165, 1.54) is 6.26 Å². The highest BCUT2D eigenvalue weighted by atomic mass is 16.5. The van der Waals surface area contributed by atoms with Crippen LogP contribution in [-0.2, 0) is 25.5 Å². The van der Waals surface area contributed by atoms with E-state index in [4.69, 9.17) is 13.9 Å². The molecule has 0 aliphatic carbocycles. The fourth-order valence-electron chi connectivity index (χ4n) is 2.78. The fourth-order valence-corrected chi connectivity index (χ4v) is 2.78. The summed E-state index contributed by atoms with van der Waals surface area (Å²) in [6.45, 7) is 3.56. The van der Waals surface area contributed by atoms with Crippen LogP contribution in [-0.4, -0.2) is 31.1 Å². The first-order chi connectivity index (χ1) is 14.0. The summed E-state index contributed by atoms with van der Waals surface area (Å²) in [6.07, 6.45) is 1.54. The van der Waals surface area contributed by atoms with E-state index in [9.17, 15) is 14.4 Å². The van der Waals surface area contributed by atoms with Crippen molar-refractivity contribution in [2.45, 2.75) is 20.3 Å². The second-order valence-electron chi connectivity index (χ2n) is 6.44. The lowest BCUT2D eigenvalue weighted by atomic mass is 10.1. The molecule has 7 nitrogen and oxygen atoms in total. The summed E-state index contributed by atoms with van der Waals surface area (Å²) in [5.74, 6) is -1.43. The maximum atomic E-state index is 12.1. The third kappa shape index (κ3) is 5.22. The zero-order chi connectivity index (χ0) is 20.8. The summed E-state index contributed by atoms with van der Waals surface area (Å²) in [6, 6.07) is 12.0. The number of hydrogen-bond acceptors (Lipinski definition) is 6. The summed E-state index contributed by atoms with van der Waals surface area (Å²) >= 11 is 0. The van der Waals surface area contributed by atoms with Crippen molar-refractivity contribution < 1.29 is 28.3 Å². The normalized spacial score (nSPS) is 10.6. The van der Waals surface area contributed by atoms with Crippen LogP contribution < -0.4 is 5.32 Å². The molecule has 0 radical (unpaired) electrons. The maximum absolute atomic E-state index is 12.1. The van der Waals surface area contributed by atoms with Gasteiger partial charge in [-0.3, -0.25) is 9.59 Å². The molecule has 0 aliphatic heterocycles. The van der Waals surface area contributed by atoms with Crippen LogP contribution in [0.3, 0.4) is 0 Å². The Balaban J connectivity index is 1.49. The van der Waals surface area contributed by atoms with Crippen LogP contribution in [0.1, 0.15) is 28.4 Å². The van der Waals surface area contributed by atoms with Crippen molar-refractivity contribution in [2.75, 3.05) is 18.5 Å². The molecule has 2 aromatic carbocycles. The van der Waals surface area contributed by atoms with E-state index >= 15 is 0 Å². The topological polar surface area (TPSA) is 94.8 Å². The van der Waals surface area contributed by atoms with Crippen molar-refractivity contribution in [1.82, 2.24) is 0 Å². The van der Waals surface area contributed by atoms with E-state index in [1.54, 1.807) is 31.2 Å². The minimum Gasteiger partial charge on any atom is -0.464 e. The lowest BCUT2D eigenvalue weighted by molar-refractivity contribution is -0.146. The first-order valence-electron chi connectivity index (χ1n) is 9.15. The Bertz CT molecular complexity index is 1040. The van der Waals surface area contributed by atoms with Crippen LogP contribution in [0.2, 0.25) is 0 Å². The van der Waals surface area contributed by atoms with Gasteiger partial charge in [0.25, 0.3) is 5.91 Å². The molecule has 0 bridgehead atoms. The molecule has 7 heteroatoms. The molecule has 0 unspecified atom stereocenters. The molecule has 1 amide bonds. The van der Waals surface area contributed by atoms with E-state index in [0.29, 0.717) is 22.4 Å². The molecule has 1 heterocycles. The molecule has 0 aliphatic rings. The van der Waals surface area contributed by atoms with Gasteiger partial charge in [-0.05, 0) is 49.7 Å². The summed E-state index contributed by atoms with van der Waals surface area (Å²) in [5, 5.41) is 3.45. The Hall–Kier alpha value is -3.61. The highest BCUT2D eigenvalue weighted by Gasteiger charge is 2.13. The molecule has 1 N–H and O–H groups in total. The number of nitrogens with one attached hydrogen (secondary N) is 1. The summed E-state index contributed by atoms with van der Waals surface area (Å²) in [4.78, 5) is 35.7. The second-order valence-corrected chi connectivity index (χ2v) is 6.44. The van der Waals surface area contributed by atoms with E-state index in [-0.39, 0.29) is 13.0 Å². The predicted molar refractivity (Wildman–Crippen MR) is 107 cm³/mol. The molecule has 150 valence electrons. The van der Waals surface area contributed by atoms with Crippen LogP contribution in [0.15, 0.2) is 53.1 Å². The summed E-state index contributed by atoms with van der Waals surface area (Å²) in [5.41, 5.74) is 3.35. The van der Waals surface area contributed by atoms with Crippen molar-refractivity contribution in [1.29, 1.82) is 0 Å². The zero-order valence-electron chi connectivity index (χ0n) is 16.2. The van der Waals surface area contributed by atoms with Crippen LogP contribution in [0.4, 0.5) is 5.69 Å². The van der Waals surface area contributed by atoms with Crippen molar-refractivity contribution in [2.24, 2.45) is 0 Å². The SMILES string of the molecule is CCOC(=O)c1ccc(NC(=O)COC(=O)Cc2coc3cc(C)ccc23)cc1. The van der Waals surface area contributed by atoms with Gasteiger partial charge in [-0.25, -0.2) is 4.79 Å². The number of fused-ring (bicyclic) bond motifs is 1. The highest BCUT2D eigenvalue weighted by molar-refractivity contribution is 5.94. The fraction of sp³-hybridized carbons (Fsp3) is 0.227. The average Bonchev–Trinajstić information content (AvgIpc) is 3.09. The Kier molecular flexibility index (Phi) is 6.29. The lowest BCUT2D eigenvalue weighted by Gasteiger charge is -2.07. The van der Waals surface area contributed by atoms with Crippen LogP contribution in [0.25, 0.3) is 11.0 Å². The van der Waals surface area contributed by atoms with Gasteiger partial charge in [-0.1, -0.05) is 12.1 Å². The molecule has 3 rings (SSSR count). The third-order valence-corrected chi connectivity index (χ3v) is 4.19. The Morgan fingerprint density at radius 2 is 1.79 bits per heavy atom. The zero-order valence-corrected chi connectivity index (χ0v) is 16.2. The van der Waals surface area contributed by atoms with Crippen molar-refractivity contribution in [3.05, 3.63) is 65.4 Å². The Morgan fingerprint density at radius 1 is 1.03 bits per heavy atom. The Labute approximate surface area is 167 Å². The Morgan fingerprint density at radius 3 is 2.52 bits per heavy atom. The van der Waals surface area contributed by atoms with Gasteiger partial charge in [-0.2, -0.15) is 0 Å². The van der Waals surface area contributed by atoms with E-state index in [0.717, 1.165) is 10.9 Å². The minimum absolute atomic E-state index is 0.0115. The number of benzene rings is 2. The standard InChI is InChI=1S/C22H21NO6/c1-3-27-22(26)15-5-7-17(8-6-15)23-20(24)13-29-21(25)11-16-12-28-19-10-14(2)4-9-18(16)19/h4-10,12H,3,11,13H2,1-2H3,(H,23,24). The van der Waals surface area contributed by atoms with Crippen molar-refractivity contribution in [3.8, 4) is 0 Å². The number of esters is 2. The number of carbonyl (C=O) groups is 3. The van der Waals surface area contributed by atoms with Crippen LogP contribution in [0.5, 0.6) is 0 Å². The maximum Gasteiger partial charge on any atom is 0.338 e. The average molecular weight is 395 g/mol. The third-order valence-electron chi connectivity index (χ3n) is 4.19. The van der Waals surface area contributed by atoms with Gasteiger partial charge in [-0.15, -0.1) is 0 Å². The van der Waals surface area contributed by atoms with Gasteiger partial charge in [0.05, 0.1) is 24.9 Å². The number of anilines is 1. The largest absolute Gasteiger partial charge is 0.464 e. The number of hydrogen-bond donors (Lipinski definition) is 1. The van der Waals surface area contributed by atoms with Gasteiger partial charge in [0.1, 0.15) is 5.58 Å². The summed E-state index contributed by atoms with van der Waals surface area (Å²) < 4.78 is 15.4. The molecule has 0 saturated heterocycles. The number of aryl methyl sites for hydroxylation is 1. The minimum atomic E-state index is -0.527. The first kappa shape index (κ1) is 20.1.